The van der Waals surface area contributed by atoms with Gasteiger partial charge in [0.25, 0.3) is 5.89 Å². The summed E-state index contributed by atoms with van der Waals surface area (Å²) in [7, 11) is 0. The van der Waals surface area contributed by atoms with Crippen molar-refractivity contribution in [3.63, 3.8) is 0 Å². The van der Waals surface area contributed by atoms with Crippen LogP contribution in [0.15, 0.2) is 77.5 Å². The van der Waals surface area contributed by atoms with Crippen molar-refractivity contribution in [1.82, 2.24) is 20.2 Å². The maximum absolute atomic E-state index is 6.10. The fourth-order valence-electron chi connectivity index (χ4n) is 3.16. The molecule has 0 saturated heterocycles. The van der Waals surface area contributed by atoms with Gasteiger partial charge in [-0.05, 0) is 35.9 Å². The zero-order valence-electron chi connectivity index (χ0n) is 14.3. The predicted molar refractivity (Wildman–Crippen MR) is 105 cm³/mol. The number of aromatic nitrogens is 4. The lowest BCUT2D eigenvalue weighted by Gasteiger charge is -2.07. The van der Waals surface area contributed by atoms with Crippen LogP contribution < -0.4 is 5.73 Å². The van der Waals surface area contributed by atoms with Gasteiger partial charge < -0.3 is 15.1 Å². The molecule has 130 valence electrons. The second kappa shape index (κ2) is 6.10. The molecule has 6 heteroatoms. The summed E-state index contributed by atoms with van der Waals surface area (Å²) in [5.41, 5.74) is 10.6. The first kappa shape index (κ1) is 15.3. The number of nitrogens with one attached hydrogen (secondary N) is 1. The summed E-state index contributed by atoms with van der Waals surface area (Å²) in [4.78, 5) is 7.57. The minimum Gasteiger partial charge on any atom is -0.416 e. The fourth-order valence-corrected chi connectivity index (χ4v) is 3.16. The summed E-state index contributed by atoms with van der Waals surface area (Å²) < 4.78 is 5.85. The third kappa shape index (κ3) is 2.64. The van der Waals surface area contributed by atoms with E-state index in [2.05, 4.69) is 26.2 Å². The smallest absolute Gasteiger partial charge is 0.251 e. The van der Waals surface area contributed by atoms with Crippen molar-refractivity contribution in [3.8, 4) is 34.0 Å². The molecule has 2 aromatic carbocycles. The van der Waals surface area contributed by atoms with E-state index >= 15 is 0 Å². The summed E-state index contributed by atoms with van der Waals surface area (Å²) in [6.45, 7) is 0. The molecule has 27 heavy (non-hydrogen) atoms. The number of rotatable bonds is 3. The normalized spacial score (nSPS) is 11.1. The van der Waals surface area contributed by atoms with Gasteiger partial charge >= 0.3 is 0 Å². The summed E-state index contributed by atoms with van der Waals surface area (Å²) >= 11 is 0. The van der Waals surface area contributed by atoms with E-state index in [1.165, 1.54) is 0 Å². The molecule has 0 fully saturated rings. The van der Waals surface area contributed by atoms with Crippen LogP contribution in [0.3, 0.4) is 0 Å². The van der Waals surface area contributed by atoms with E-state index in [0.29, 0.717) is 23.2 Å². The van der Waals surface area contributed by atoms with Crippen LogP contribution >= 0.6 is 0 Å². The van der Waals surface area contributed by atoms with Crippen LogP contribution in [0.2, 0.25) is 0 Å². The van der Waals surface area contributed by atoms with E-state index in [1.54, 1.807) is 6.20 Å². The van der Waals surface area contributed by atoms with Crippen LogP contribution in [0.4, 0.5) is 5.82 Å². The van der Waals surface area contributed by atoms with Crippen molar-refractivity contribution in [2.24, 2.45) is 0 Å². The number of H-pyrrole nitrogens is 1. The summed E-state index contributed by atoms with van der Waals surface area (Å²) in [6, 6.07) is 19.7. The Hall–Kier alpha value is -3.93. The maximum atomic E-state index is 6.10. The molecular formula is C21H15N5O. The first-order chi connectivity index (χ1) is 13.3. The van der Waals surface area contributed by atoms with Gasteiger partial charge in [-0.25, -0.2) is 4.98 Å². The molecule has 5 aromatic rings. The quantitative estimate of drug-likeness (QED) is 0.497. The van der Waals surface area contributed by atoms with Gasteiger partial charge in [0.2, 0.25) is 5.89 Å². The van der Waals surface area contributed by atoms with Gasteiger partial charge in [0.1, 0.15) is 5.82 Å². The number of nitrogens with two attached hydrogens (primary N) is 1. The van der Waals surface area contributed by atoms with Crippen LogP contribution in [0, 0.1) is 0 Å². The minimum absolute atomic E-state index is 0.349. The molecule has 0 unspecified atom stereocenters. The van der Waals surface area contributed by atoms with Gasteiger partial charge in [0, 0.05) is 34.4 Å². The average molecular weight is 353 g/mol. The van der Waals surface area contributed by atoms with Crippen molar-refractivity contribution in [2.45, 2.75) is 0 Å². The Morgan fingerprint density at radius 2 is 1.67 bits per heavy atom. The first-order valence-corrected chi connectivity index (χ1v) is 8.51. The SMILES string of the molecule is Nc1ncc(-c2cccc3[nH]ccc23)cc1-c1nnc(-c2ccccc2)o1. The van der Waals surface area contributed by atoms with Crippen molar-refractivity contribution >= 4 is 16.7 Å². The Morgan fingerprint density at radius 3 is 2.56 bits per heavy atom. The summed E-state index contributed by atoms with van der Waals surface area (Å²) in [5, 5.41) is 9.43. The first-order valence-electron chi connectivity index (χ1n) is 8.51. The van der Waals surface area contributed by atoms with Crippen LogP contribution in [0.1, 0.15) is 0 Å². The number of pyridine rings is 1. The summed E-state index contributed by atoms with van der Waals surface area (Å²) in [6.07, 6.45) is 3.68. The van der Waals surface area contributed by atoms with Crippen LogP contribution in [0.5, 0.6) is 0 Å². The molecular weight excluding hydrogens is 338 g/mol. The van der Waals surface area contributed by atoms with Crippen molar-refractivity contribution in [2.75, 3.05) is 5.73 Å². The fraction of sp³-hybridized carbons (Fsp3) is 0. The second-order valence-corrected chi connectivity index (χ2v) is 6.18. The van der Waals surface area contributed by atoms with Crippen LogP contribution in [0.25, 0.3) is 44.9 Å². The lowest BCUT2D eigenvalue weighted by molar-refractivity contribution is 0.584. The summed E-state index contributed by atoms with van der Waals surface area (Å²) in [5.74, 6) is 1.15. The third-order valence-corrected chi connectivity index (χ3v) is 4.50. The molecule has 3 N–H and O–H groups in total. The zero-order chi connectivity index (χ0) is 18.2. The molecule has 0 radical (unpaired) electrons. The second-order valence-electron chi connectivity index (χ2n) is 6.18. The molecule has 0 aliphatic rings. The van der Waals surface area contributed by atoms with Gasteiger partial charge in [-0.3, -0.25) is 0 Å². The van der Waals surface area contributed by atoms with E-state index in [0.717, 1.165) is 27.6 Å². The van der Waals surface area contributed by atoms with Gasteiger partial charge in [0.05, 0.1) is 5.56 Å². The average Bonchev–Trinajstić information content (AvgIpc) is 3.38. The lowest BCUT2D eigenvalue weighted by Crippen LogP contribution is -1.95. The number of aromatic amines is 1. The highest BCUT2D eigenvalue weighted by atomic mass is 16.4. The van der Waals surface area contributed by atoms with Crippen molar-refractivity contribution in [1.29, 1.82) is 0 Å². The molecule has 0 atom stereocenters. The Morgan fingerprint density at radius 1 is 0.815 bits per heavy atom. The Labute approximate surface area is 154 Å². The maximum Gasteiger partial charge on any atom is 0.251 e. The number of benzene rings is 2. The van der Waals surface area contributed by atoms with Crippen molar-refractivity contribution < 1.29 is 4.42 Å². The lowest BCUT2D eigenvalue weighted by atomic mass is 10.0. The Kier molecular flexibility index (Phi) is 3.47. The van der Waals surface area contributed by atoms with E-state index in [4.69, 9.17) is 10.2 Å². The number of nitrogens with zero attached hydrogens (tertiary/aromatic N) is 3. The molecule has 0 amide bonds. The van der Waals surface area contributed by atoms with Gasteiger partial charge in [-0.15, -0.1) is 10.2 Å². The monoisotopic (exact) mass is 353 g/mol. The number of nitrogen functional groups attached to an aromatic ring is 1. The number of anilines is 1. The minimum atomic E-state index is 0.349. The number of fused-ring (bicyclic) bond motifs is 1. The molecule has 5 rings (SSSR count). The van der Waals surface area contributed by atoms with Gasteiger partial charge in [-0.1, -0.05) is 30.3 Å². The van der Waals surface area contributed by atoms with Crippen LogP contribution in [-0.4, -0.2) is 20.2 Å². The molecule has 0 aliphatic carbocycles. The van der Waals surface area contributed by atoms with E-state index < -0.39 is 0 Å². The Bertz CT molecular complexity index is 1240. The molecule has 3 aromatic heterocycles. The largest absolute Gasteiger partial charge is 0.416 e. The molecule has 0 saturated carbocycles. The zero-order valence-corrected chi connectivity index (χ0v) is 14.3. The number of hydrogen-bond acceptors (Lipinski definition) is 5. The third-order valence-electron chi connectivity index (χ3n) is 4.50. The number of hydrogen-bond donors (Lipinski definition) is 2. The Balaban J connectivity index is 1.61. The molecule has 0 spiro atoms. The van der Waals surface area contributed by atoms with Gasteiger partial charge in [0.15, 0.2) is 0 Å². The van der Waals surface area contributed by atoms with Gasteiger partial charge in [-0.2, -0.15) is 0 Å². The topological polar surface area (TPSA) is 93.6 Å². The highest BCUT2D eigenvalue weighted by molar-refractivity contribution is 5.95. The van der Waals surface area contributed by atoms with Crippen molar-refractivity contribution in [3.05, 3.63) is 73.1 Å². The van der Waals surface area contributed by atoms with Crippen LogP contribution in [-0.2, 0) is 0 Å². The highest BCUT2D eigenvalue weighted by Gasteiger charge is 2.15. The highest BCUT2D eigenvalue weighted by Crippen LogP contribution is 2.33. The molecule has 0 bridgehead atoms. The van der Waals surface area contributed by atoms with E-state index in [1.807, 2.05) is 60.8 Å². The molecule has 3 heterocycles. The standard InChI is InChI=1S/C21H15N5O/c22-19-17(21-26-25-20(27-21)13-5-2-1-3-6-13)11-14(12-24-19)15-7-4-8-18-16(15)9-10-23-18/h1-12,23H,(H2,22,24). The molecule has 6 nitrogen and oxygen atoms in total. The predicted octanol–water partition coefficient (Wildman–Crippen LogP) is 4.53. The van der Waals surface area contributed by atoms with E-state index in [-0.39, 0.29) is 0 Å². The van der Waals surface area contributed by atoms with E-state index in [9.17, 15) is 0 Å². The molecule has 0 aliphatic heterocycles.